The number of hydrogen-bond acceptors (Lipinski definition) is 3. The van der Waals surface area contributed by atoms with E-state index in [0.717, 1.165) is 0 Å². The van der Waals surface area contributed by atoms with Crippen molar-refractivity contribution in [2.75, 3.05) is 13.2 Å². The summed E-state index contributed by atoms with van der Waals surface area (Å²) in [6, 6.07) is 4.61. The molecular weight excluding hydrogens is 223 g/mol. The molecule has 1 unspecified atom stereocenters. The Morgan fingerprint density at radius 1 is 1.24 bits per heavy atom. The van der Waals surface area contributed by atoms with E-state index < -0.39 is 12.4 Å². The van der Waals surface area contributed by atoms with Crippen LogP contribution in [0.15, 0.2) is 18.2 Å². The Morgan fingerprint density at radius 3 is 2.29 bits per heavy atom. The second-order valence-electron chi connectivity index (χ2n) is 3.73. The van der Waals surface area contributed by atoms with Gasteiger partial charge in [0.25, 0.3) is 0 Å². The van der Waals surface area contributed by atoms with Gasteiger partial charge in [-0.05, 0) is 38.0 Å². The fourth-order valence-electron chi connectivity index (χ4n) is 1.51. The first kappa shape index (κ1) is 14.1. The van der Waals surface area contributed by atoms with Gasteiger partial charge in [-0.2, -0.15) is 0 Å². The van der Waals surface area contributed by atoms with E-state index in [0.29, 0.717) is 24.3 Å². The van der Waals surface area contributed by atoms with Gasteiger partial charge in [-0.3, -0.25) is 0 Å². The summed E-state index contributed by atoms with van der Waals surface area (Å²) in [5.74, 6) is -0.340. The van der Waals surface area contributed by atoms with E-state index in [1.165, 1.54) is 6.07 Å². The minimum Gasteiger partial charge on any atom is -0.383 e. The number of rotatable bonds is 6. The van der Waals surface area contributed by atoms with E-state index in [1.807, 2.05) is 13.8 Å². The largest absolute Gasteiger partial charge is 0.383 e. The molecule has 1 aromatic rings. The Kier molecular flexibility index (Phi) is 5.55. The number of halogens is 1. The van der Waals surface area contributed by atoms with Gasteiger partial charge in [0.15, 0.2) is 6.29 Å². The normalized spacial score (nSPS) is 13.1. The summed E-state index contributed by atoms with van der Waals surface area (Å²) in [7, 11) is 0. The van der Waals surface area contributed by atoms with Crippen molar-refractivity contribution in [2.24, 2.45) is 0 Å². The van der Waals surface area contributed by atoms with Crippen LogP contribution in [0.25, 0.3) is 0 Å². The van der Waals surface area contributed by atoms with Crippen LogP contribution in [0.4, 0.5) is 4.39 Å². The molecule has 0 spiro atoms. The molecular formula is C13H19FO3. The van der Waals surface area contributed by atoms with Crippen molar-refractivity contribution < 1.29 is 19.0 Å². The molecule has 0 aromatic heterocycles. The third-order valence-electron chi connectivity index (χ3n) is 2.46. The summed E-state index contributed by atoms with van der Waals surface area (Å²) in [5.41, 5.74) is 1.00. The van der Waals surface area contributed by atoms with Crippen molar-refractivity contribution in [3.05, 3.63) is 35.1 Å². The van der Waals surface area contributed by atoms with Crippen molar-refractivity contribution >= 4 is 0 Å². The minimum absolute atomic E-state index is 0.340. The van der Waals surface area contributed by atoms with E-state index in [9.17, 15) is 9.50 Å². The summed E-state index contributed by atoms with van der Waals surface area (Å²) in [5, 5.41) is 10.0. The fourth-order valence-corrected chi connectivity index (χ4v) is 1.51. The second-order valence-corrected chi connectivity index (χ2v) is 3.73. The van der Waals surface area contributed by atoms with Crippen LogP contribution in [0, 0.1) is 12.7 Å². The van der Waals surface area contributed by atoms with Crippen LogP contribution in [0.1, 0.15) is 31.1 Å². The number of aliphatic hydroxyl groups is 1. The van der Waals surface area contributed by atoms with E-state index in [4.69, 9.17) is 9.47 Å². The lowest BCUT2D eigenvalue weighted by Gasteiger charge is -2.23. The van der Waals surface area contributed by atoms with Crippen molar-refractivity contribution in [3.8, 4) is 0 Å². The van der Waals surface area contributed by atoms with Crippen molar-refractivity contribution in [3.63, 3.8) is 0 Å². The third kappa shape index (κ3) is 3.77. The zero-order valence-corrected chi connectivity index (χ0v) is 10.4. The molecule has 3 nitrogen and oxygen atoms in total. The Labute approximate surface area is 101 Å². The minimum atomic E-state index is -0.981. The lowest BCUT2D eigenvalue weighted by molar-refractivity contribution is -0.191. The molecule has 0 bridgehead atoms. The monoisotopic (exact) mass is 242 g/mol. The highest BCUT2D eigenvalue weighted by Gasteiger charge is 2.22. The molecule has 4 heteroatoms. The summed E-state index contributed by atoms with van der Waals surface area (Å²) in [6.07, 6.45) is -1.74. The predicted octanol–water partition coefficient (Wildman–Crippen LogP) is 2.57. The number of benzene rings is 1. The lowest BCUT2D eigenvalue weighted by Crippen LogP contribution is -2.25. The second kappa shape index (κ2) is 6.69. The van der Waals surface area contributed by atoms with Gasteiger partial charge in [0, 0.05) is 13.2 Å². The van der Waals surface area contributed by atoms with Crippen molar-refractivity contribution in [2.45, 2.75) is 33.2 Å². The van der Waals surface area contributed by atoms with Crippen LogP contribution in [0.2, 0.25) is 0 Å². The number of aliphatic hydroxyl groups excluding tert-OH is 1. The predicted molar refractivity (Wildman–Crippen MR) is 63.1 cm³/mol. The summed E-state index contributed by atoms with van der Waals surface area (Å²) in [4.78, 5) is 0. The molecule has 0 saturated heterocycles. The van der Waals surface area contributed by atoms with Gasteiger partial charge in [0.1, 0.15) is 11.9 Å². The standard InChI is InChI=1S/C13H19FO3/c1-4-16-13(17-5-2)12(15)10-7-6-9(3)11(14)8-10/h6-8,12-13,15H,4-5H2,1-3H3. The van der Waals surface area contributed by atoms with Crippen molar-refractivity contribution in [1.82, 2.24) is 0 Å². The maximum absolute atomic E-state index is 13.4. The van der Waals surface area contributed by atoms with Crippen LogP contribution in [0.5, 0.6) is 0 Å². The Morgan fingerprint density at radius 2 is 1.82 bits per heavy atom. The van der Waals surface area contributed by atoms with Crippen LogP contribution in [-0.4, -0.2) is 24.6 Å². The van der Waals surface area contributed by atoms with Gasteiger partial charge in [0.2, 0.25) is 0 Å². The first-order valence-electron chi connectivity index (χ1n) is 5.77. The van der Waals surface area contributed by atoms with Gasteiger partial charge in [-0.15, -0.1) is 0 Å². The van der Waals surface area contributed by atoms with Crippen molar-refractivity contribution in [1.29, 1.82) is 0 Å². The summed E-state index contributed by atoms with van der Waals surface area (Å²) >= 11 is 0. The van der Waals surface area contributed by atoms with Crippen LogP contribution >= 0.6 is 0 Å². The molecule has 0 aliphatic carbocycles. The maximum atomic E-state index is 13.4. The summed E-state index contributed by atoms with van der Waals surface area (Å²) < 4.78 is 23.9. The SMILES string of the molecule is CCOC(OCC)C(O)c1ccc(C)c(F)c1. The Bertz CT molecular complexity index is 349. The molecule has 0 radical (unpaired) electrons. The van der Waals surface area contributed by atoms with E-state index in [1.54, 1.807) is 19.1 Å². The Hall–Kier alpha value is -0.970. The van der Waals surface area contributed by atoms with E-state index >= 15 is 0 Å². The lowest BCUT2D eigenvalue weighted by atomic mass is 10.1. The van der Waals surface area contributed by atoms with Gasteiger partial charge in [0.05, 0.1) is 0 Å². The highest BCUT2D eigenvalue weighted by molar-refractivity contribution is 5.25. The van der Waals surface area contributed by atoms with E-state index in [-0.39, 0.29) is 5.82 Å². The van der Waals surface area contributed by atoms with E-state index in [2.05, 4.69) is 0 Å². The molecule has 0 aliphatic heterocycles. The molecule has 1 N–H and O–H groups in total. The molecule has 0 amide bonds. The zero-order chi connectivity index (χ0) is 12.8. The molecule has 96 valence electrons. The zero-order valence-electron chi connectivity index (χ0n) is 10.4. The molecule has 1 rings (SSSR count). The molecule has 1 aromatic carbocycles. The molecule has 0 aliphatic rings. The molecule has 0 heterocycles. The van der Waals surface area contributed by atoms with Crippen LogP contribution < -0.4 is 0 Å². The smallest absolute Gasteiger partial charge is 0.187 e. The first-order valence-corrected chi connectivity index (χ1v) is 5.77. The number of ether oxygens (including phenoxy) is 2. The average molecular weight is 242 g/mol. The van der Waals surface area contributed by atoms with Crippen LogP contribution in [0.3, 0.4) is 0 Å². The Balaban J connectivity index is 2.84. The molecule has 0 saturated carbocycles. The summed E-state index contributed by atoms with van der Waals surface area (Å²) in [6.45, 7) is 6.16. The number of hydrogen-bond donors (Lipinski definition) is 1. The van der Waals surface area contributed by atoms with Gasteiger partial charge in [-0.25, -0.2) is 4.39 Å². The van der Waals surface area contributed by atoms with Crippen LogP contribution in [-0.2, 0) is 9.47 Å². The van der Waals surface area contributed by atoms with Gasteiger partial charge >= 0.3 is 0 Å². The first-order chi connectivity index (χ1) is 8.10. The average Bonchev–Trinajstić information content (AvgIpc) is 2.31. The molecule has 1 atom stereocenters. The van der Waals surface area contributed by atoms with Gasteiger partial charge in [-0.1, -0.05) is 12.1 Å². The highest BCUT2D eigenvalue weighted by Crippen LogP contribution is 2.22. The highest BCUT2D eigenvalue weighted by atomic mass is 19.1. The van der Waals surface area contributed by atoms with Gasteiger partial charge < -0.3 is 14.6 Å². The maximum Gasteiger partial charge on any atom is 0.187 e. The topological polar surface area (TPSA) is 38.7 Å². The molecule has 0 fully saturated rings. The number of aryl methyl sites for hydroxylation is 1. The fraction of sp³-hybridized carbons (Fsp3) is 0.538. The third-order valence-corrected chi connectivity index (χ3v) is 2.46. The molecule has 17 heavy (non-hydrogen) atoms. The quantitative estimate of drug-likeness (QED) is 0.779.